The third-order valence-electron chi connectivity index (χ3n) is 4.26. The number of carbonyl (C=O) groups excluding carboxylic acids is 2. The maximum absolute atomic E-state index is 13.0. The van der Waals surface area contributed by atoms with Gasteiger partial charge in [0.15, 0.2) is 0 Å². The van der Waals surface area contributed by atoms with E-state index in [1.54, 1.807) is 56.5 Å². The topological polar surface area (TPSA) is 52.6 Å². The maximum atomic E-state index is 13.0. The fourth-order valence-corrected chi connectivity index (χ4v) is 4.03. The Morgan fingerprint density at radius 2 is 1.72 bits per heavy atom. The molecular formula is C23H19ClO4S. The lowest BCUT2D eigenvalue weighted by Crippen LogP contribution is -2.06. The highest BCUT2D eigenvalue weighted by atomic mass is 35.5. The van der Waals surface area contributed by atoms with Gasteiger partial charge in [0.2, 0.25) is 5.78 Å². The molecule has 0 radical (unpaired) electrons. The Bertz CT molecular complexity index is 1050. The van der Waals surface area contributed by atoms with Crippen molar-refractivity contribution in [2.75, 3.05) is 13.7 Å². The van der Waals surface area contributed by atoms with Gasteiger partial charge in [-0.3, -0.25) is 4.79 Å². The standard InChI is InChI=1S/C23H19ClO4S/c1-4-28-23(26)14(2)19-13-20(21(25)15-7-11-18(27-3)12-8-15)29-22(19)16-5-9-17(24)10-6-16/h5-13H,2,4H2,1,3H3. The summed E-state index contributed by atoms with van der Waals surface area (Å²) in [6.45, 7) is 5.87. The number of benzene rings is 2. The van der Waals surface area contributed by atoms with Crippen molar-refractivity contribution in [3.8, 4) is 16.2 Å². The Morgan fingerprint density at radius 3 is 2.31 bits per heavy atom. The third kappa shape index (κ3) is 4.58. The summed E-state index contributed by atoms with van der Waals surface area (Å²) in [6.07, 6.45) is 0. The molecule has 0 atom stereocenters. The molecule has 0 spiro atoms. The van der Waals surface area contributed by atoms with E-state index in [0.717, 1.165) is 10.4 Å². The maximum Gasteiger partial charge on any atom is 0.338 e. The molecule has 0 N–H and O–H groups in total. The molecule has 0 unspecified atom stereocenters. The monoisotopic (exact) mass is 426 g/mol. The van der Waals surface area contributed by atoms with Crippen molar-refractivity contribution >= 4 is 40.3 Å². The number of rotatable bonds is 7. The van der Waals surface area contributed by atoms with Crippen LogP contribution in [0.5, 0.6) is 5.75 Å². The van der Waals surface area contributed by atoms with E-state index in [1.165, 1.54) is 11.3 Å². The predicted octanol–water partition coefficient (Wildman–Crippen LogP) is 5.88. The highest BCUT2D eigenvalue weighted by molar-refractivity contribution is 7.18. The molecule has 0 aliphatic rings. The van der Waals surface area contributed by atoms with E-state index in [4.69, 9.17) is 21.1 Å². The van der Waals surface area contributed by atoms with E-state index in [-0.39, 0.29) is 18.0 Å². The van der Waals surface area contributed by atoms with Gasteiger partial charge in [0.1, 0.15) is 5.75 Å². The Kier molecular flexibility index (Phi) is 6.52. The molecule has 29 heavy (non-hydrogen) atoms. The summed E-state index contributed by atoms with van der Waals surface area (Å²) in [5.74, 6) is 0.0192. The summed E-state index contributed by atoms with van der Waals surface area (Å²) >= 11 is 7.30. The minimum absolute atomic E-state index is 0.143. The van der Waals surface area contributed by atoms with E-state index in [2.05, 4.69) is 6.58 Å². The van der Waals surface area contributed by atoms with Crippen LogP contribution >= 0.6 is 22.9 Å². The first kappa shape index (κ1) is 20.8. The van der Waals surface area contributed by atoms with Gasteiger partial charge in [0.05, 0.1) is 24.2 Å². The quantitative estimate of drug-likeness (QED) is 0.269. The number of hydrogen-bond acceptors (Lipinski definition) is 5. The van der Waals surface area contributed by atoms with Crippen LogP contribution in [0, 0.1) is 0 Å². The van der Waals surface area contributed by atoms with Gasteiger partial charge in [-0.2, -0.15) is 0 Å². The zero-order valence-corrected chi connectivity index (χ0v) is 17.6. The fraction of sp³-hybridized carbons (Fsp3) is 0.130. The largest absolute Gasteiger partial charge is 0.497 e. The first-order valence-corrected chi connectivity index (χ1v) is 10.1. The van der Waals surface area contributed by atoms with E-state index in [0.29, 0.717) is 26.8 Å². The smallest absolute Gasteiger partial charge is 0.338 e. The van der Waals surface area contributed by atoms with Gasteiger partial charge in [0.25, 0.3) is 0 Å². The molecule has 1 aromatic heterocycles. The van der Waals surface area contributed by atoms with Gasteiger partial charge in [-0.05, 0) is 55.0 Å². The number of hydrogen-bond donors (Lipinski definition) is 0. The van der Waals surface area contributed by atoms with Crippen molar-refractivity contribution in [3.63, 3.8) is 0 Å². The van der Waals surface area contributed by atoms with Gasteiger partial charge < -0.3 is 9.47 Å². The van der Waals surface area contributed by atoms with E-state index < -0.39 is 5.97 Å². The highest BCUT2D eigenvalue weighted by Gasteiger charge is 2.22. The number of esters is 1. The predicted molar refractivity (Wildman–Crippen MR) is 117 cm³/mol. The Hall–Kier alpha value is -2.89. The molecule has 2 aromatic carbocycles. The molecular weight excluding hydrogens is 408 g/mol. The molecule has 0 aliphatic carbocycles. The summed E-state index contributed by atoms with van der Waals surface area (Å²) in [5.41, 5.74) is 2.16. The molecule has 1 heterocycles. The van der Waals surface area contributed by atoms with Crippen molar-refractivity contribution in [2.24, 2.45) is 0 Å². The van der Waals surface area contributed by atoms with E-state index in [9.17, 15) is 9.59 Å². The van der Waals surface area contributed by atoms with Crippen LogP contribution < -0.4 is 4.74 Å². The number of methoxy groups -OCH3 is 1. The Balaban J connectivity index is 2.05. The summed E-state index contributed by atoms with van der Waals surface area (Å²) in [6, 6.07) is 15.8. The molecule has 0 fully saturated rings. The van der Waals surface area contributed by atoms with Crippen molar-refractivity contribution in [1.82, 2.24) is 0 Å². The molecule has 4 nitrogen and oxygen atoms in total. The zero-order valence-electron chi connectivity index (χ0n) is 16.0. The number of ketones is 1. The average Bonchev–Trinajstić information content (AvgIpc) is 3.18. The van der Waals surface area contributed by atoms with Crippen molar-refractivity contribution in [1.29, 1.82) is 0 Å². The Morgan fingerprint density at radius 1 is 1.07 bits per heavy atom. The number of ether oxygens (including phenoxy) is 2. The minimum atomic E-state index is -0.510. The third-order valence-corrected chi connectivity index (χ3v) is 5.70. The van der Waals surface area contributed by atoms with Crippen LogP contribution in [-0.4, -0.2) is 25.5 Å². The van der Waals surface area contributed by atoms with Crippen LogP contribution in [0.15, 0.2) is 61.2 Å². The zero-order chi connectivity index (χ0) is 21.0. The second-order valence-electron chi connectivity index (χ2n) is 6.12. The minimum Gasteiger partial charge on any atom is -0.497 e. The van der Waals surface area contributed by atoms with Gasteiger partial charge in [0, 0.05) is 21.0 Å². The summed E-state index contributed by atoms with van der Waals surface area (Å²) in [5, 5.41) is 0.602. The first-order chi connectivity index (χ1) is 13.9. The lowest BCUT2D eigenvalue weighted by atomic mass is 10.0. The van der Waals surface area contributed by atoms with Gasteiger partial charge in [-0.15, -0.1) is 11.3 Å². The number of carbonyl (C=O) groups is 2. The van der Waals surface area contributed by atoms with Crippen LogP contribution in [0.4, 0.5) is 0 Å². The highest BCUT2D eigenvalue weighted by Crippen LogP contribution is 2.38. The molecule has 0 saturated carbocycles. The van der Waals surface area contributed by atoms with E-state index in [1.807, 2.05) is 12.1 Å². The summed E-state index contributed by atoms with van der Waals surface area (Å²) in [4.78, 5) is 26.5. The molecule has 0 amide bonds. The van der Waals surface area contributed by atoms with Crippen LogP contribution in [0.25, 0.3) is 16.0 Å². The number of thiophene rings is 1. The average molecular weight is 427 g/mol. The molecule has 3 aromatic rings. The van der Waals surface area contributed by atoms with Crippen molar-refractivity contribution in [3.05, 3.63) is 82.2 Å². The lowest BCUT2D eigenvalue weighted by molar-refractivity contribution is -0.136. The van der Waals surface area contributed by atoms with Crippen LogP contribution in [0.1, 0.15) is 27.7 Å². The van der Waals surface area contributed by atoms with Crippen molar-refractivity contribution < 1.29 is 19.1 Å². The second kappa shape index (κ2) is 9.07. The molecule has 3 rings (SSSR count). The molecule has 0 bridgehead atoms. The van der Waals surface area contributed by atoms with Crippen LogP contribution in [0.2, 0.25) is 5.02 Å². The van der Waals surface area contributed by atoms with Crippen LogP contribution in [-0.2, 0) is 9.53 Å². The molecule has 0 aliphatic heterocycles. The number of halogens is 1. The molecule has 6 heteroatoms. The molecule has 148 valence electrons. The normalized spacial score (nSPS) is 10.4. The Labute approximate surface area is 178 Å². The first-order valence-electron chi connectivity index (χ1n) is 8.89. The fourth-order valence-electron chi connectivity index (χ4n) is 2.76. The molecule has 0 saturated heterocycles. The second-order valence-corrected chi connectivity index (χ2v) is 7.61. The SMILES string of the molecule is C=C(C(=O)OCC)c1cc(C(=O)c2ccc(OC)cc2)sc1-c1ccc(Cl)cc1. The van der Waals surface area contributed by atoms with Gasteiger partial charge in [-0.25, -0.2) is 4.79 Å². The summed E-state index contributed by atoms with van der Waals surface area (Å²) < 4.78 is 10.2. The van der Waals surface area contributed by atoms with Crippen molar-refractivity contribution in [2.45, 2.75) is 6.92 Å². The van der Waals surface area contributed by atoms with Gasteiger partial charge in [-0.1, -0.05) is 30.3 Å². The van der Waals surface area contributed by atoms with Crippen LogP contribution in [0.3, 0.4) is 0 Å². The lowest BCUT2D eigenvalue weighted by Gasteiger charge is -2.07. The summed E-state index contributed by atoms with van der Waals surface area (Å²) in [7, 11) is 1.57. The van der Waals surface area contributed by atoms with Gasteiger partial charge >= 0.3 is 5.97 Å². The van der Waals surface area contributed by atoms with E-state index >= 15 is 0 Å².